The number of quaternary nitrogens is 1. The first kappa shape index (κ1) is 19.5. The lowest BCUT2D eigenvalue weighted by atomic mass is 9.90. The summed E-state index contributed by atoms with van der Waals surface area (Å²) in [5, 5.41) is 24.7. The Labute approximate surface area is 160 Å². The molecule has 1 aliphatic heterocycles. The molecular formula is C22H29N2O3+. The van der Waals surface area contributed by atoms with Gasteiger partial charge >= 0.3 is 0 Å². The molecule has 0 bridgehead atoms. The maximum absolute atomic E-state index is 12.0. The molecule has 144 valence electrons. The molecule has 4 atom stereocenters. The minimum Gasteiger partial charge on any atom is -0.387 e. The number of nitrogens with zero attached hydrogens (tertiary/aromatic N) is 1. The highest BCUT2D eigenvalue weighted by Crippen LogP contribution is 2.41. The van der Waals surface area contributed by atoms with Crippen LogP contribution in [0.4, 0.5) is 0 Å². The third-order valence-corrected chi connectivity index (χ3v) is 5.60. The molecular weight excluding hydrogens is 340 g/mol. The molecule has 0 radical (unpaired) electrons. The zero-order valence-electron chi connectivity index (χ0n) is 16.2. The Bertz CT molecular complexity index is 808. The number of carbonyl (C=O) groups excluding carboxylic acids is 1. The van der Waals surface area contributed by atoms with Crippen LogP contribution in [0.15, 0.2) is 48.5 Å². The van der Waals surface area contributed by atoms with Crippen LogP contribution in [0.2, 0.25) is 0 Å². The van der Waals surface area contributed by atoms with E-state index in [1.54, 1.807) is 0 Å². The van der Waals surface area contributed by atoms with Gasteiger partial charge in [-0.1, -0.05) is 42.5 Å². The van der Waals surface area contributed by atoms with Crippen LogP contribution in [-0.4, -0.2) is 40.1 Å². The predicted octanol–water partition coefficient (Wildman–Crippen LogP) is 3.19. The van der Waals surface area contributed by atoms with Gasteiger partial charge in [-0.05, 0) is 36.6 Å². The van der Waals surface area contributed by atoms with E-state index in [2.05, 4.69) is 18.3 Å². The fourth-order valence-corrected chi connectivity index (χ4v) is 4.09. The summed E-state index contributed by atoms with van der Waals surface area (Å²) < 4.78 is -0.288. The summed E-state index contributed by atoms with van der Waals surface area (Å²) in [6, 6.07) is 15.1. The summed E-state index contributed by atoms with van der Waals surface area (Å²) in [4.78, 5) is 12.0. The van der Waals surface area contributed by atoms with Gasteiger partial charge in [-0.25, -0.2) is 5.21 Å². The number of rotatable bonds is 5. The van der Waals surface area contributed by atoms with Crippen LogP contribution in [0.1, 0.15) is 47.7 Å². The molecule has 1 fully saturated rings. The molecule has 1 aliphatic rings. The Hall–Kier alpha value is -2.21. The van der Waals surface area contributed by atoms with Gasteiger partial charge in [0, 0.05) is 18.9 Å². The number of nitrogens with one attached hydrogen (secondary N) is 1. The second-order valence-corrected chi connectivity index (χ2v) is 7.71. The van der Waals surface area contributed by atoms with Crippen molar-refractivity contribution in [3.63, 3.8) is 0 Å². The lowest BCUT2D eigenvalue weighted by Crippen LogP contribution is -2.51. The third kappa shape index (κ3) is 4.21. The average Bonchev–Trinajstić information content (AvgIpc) is 2.97. The van der Waals surface area contributed by atoms with Crippen LogP contribution in [-0.2, 0) is 4.79 Å². The van der Waals surface area contributed by atoms with Crippen LogP contribution in [0.5, 0.6) is 0 Å². The summed E-state index contributed by atoms with van der Waals surface area (Å²) in [5.74, 6) is -0.149. The summed E-state index contributed by atoms with van der Waals surface area (Å²) >= 11 is 0. The molecule has 1 heterocycles. The predicted molar refractivity (Wildman–Crippen MR) is 104 cm³/mol. The van der Waals surface area contributed by atoms with Crippen molar-refractivity contribution < 1.29 is 19.8 Å². The summed E-state index contributed by atoms with van der Waals surface area (Å²) in [7, 11) is 0. The van der Waals surface area contributed by atoms with Gasteiger partial charge in [0.1, 0.15) is 25.2 Å². The monoisotopic (exact) mass is 369 g/mol. The molecule has 0 aliphatic carbocycles. The Balaban J connectivity index is 2.14. The van der Waals surface area contributed by atoms with Crippen molar-refractivity contribution in [2.75, 3.05) is 13.1 Å². The lowest BCUT2D eigenvalue weighted by Gasteiger charge is -2.39. The minimum absolute atomic E-state index is 0.149. The number of aliphatic hydroxyl groups excluding tert-OH is 1. The highest BCUT2D eigenvalue weighted by atomic mass is 16.6. The molecule has 3 rings (SSSR count). The van der Waals surface area contributed by atoms with E-state index in [9.17, 15) is 15.1 Å². The lowest BCUT2D eigenvalue weighted by molar-refractivity contribution is -1.12. The van der Waals surface area contributed by atoms with Gasteiger partial charge in [-0.3, -0.25) is 4.79 Å². The highest BCUT2D eigenvalue weighted by Gasteiger charge is 2.49. The molecule has 1 saturated heterocycles. The van der Waals surface area contributed by atoms with E-state index in [0.717, 1.165) is 16.7 Å². The first-order valence-corrected chi connectivity index (χ1v) is 9.47. The first-order chi connectivity index (χ1) is 12.8. The number of benzene rings is 2. The van der Waals surface area contributed by atoms with Gasteiger partial charge in [0.2, 0.25) is 5.91 Å². The summed E-state index contributed by atoms with van der Waals surface area (Å²) in [6.45, 7) is 6.29. The van der Waals surface area contributed by atoms with Crippen LogP contribution in [0.3, 0.4) is 0 Å². The molecule has 2 unspecified atom stereocenters. The van der Waals surface area contributed by atoms with Crippen molar-refractivity contribution in [1.82, 2.24) is 5.32 Å². The zero-order valence-corrected chi connectivity index (χ0v) is 16.2. The van der Waals surface area contributed by atoms with Crippen LogP contribution in [0.25, 0.3) is 0 Å². The number of amides is 1. The average molecular weight is 369 g/mol. The Morgan fingerprint density at radius 1 is 1.11 bits per heavy atom. The van der Waals surface area contributed by atoms with E-state index in [-0.39, 0.29) is 17.1 Å². The molecule has 5 nitrogen and oxygen atoms in total. The fourth-order valence-electron chi connectivity index (χ4n) is 4.09. The number of aryl methyl sites for hydroxylation is 2. The van der Waals surface area contributed by atoms with Gasteiger partial charge in [0.15, 0.2) is 6.04 Å². The first-order valence-electron chi connectivity index (χ1n) is 9.47. The van der Waals surface area contributed by atoms with Gasteiger partial charge in [-0.2, -0.15) is 4.65 Å². The number of hydrogen-bond donors (Lipinski definition) is 3. The van der Waals surface area contributed by atoms with E-state index in [1.165, 1.54) is 12.5 Å². The largest absolute Gasteiger partial charge is 0.387 e. The molecule has 1 amide bonds. The van der Waals surface area contributed by atoms with Crippen LogP contribution >= 0.6 is 0 Å². The van der Waals surface area contributed by atoms with Crippen molar-refractivity contribution in [3.05, 3.63) is 70.8 Å². The third-order valence-electron chi connectivity index (χ3n) is 5.60. The van der Waals surface area contributed by atoms with Crippen molar-refractivity contribution in [2.45, 2.75) is 45.4 Å². The number of hydrogen-bond acceptors (Lipinski definition) is 3. The van der Waals surface area contributed by atoms with Crippen LogP contribution in [0, 0.1) is 13.8 Å². The quantitative estimate of drug-likeness (QED) is 0.709. The number of hydroxylamine groups is 3. The molecule has 5 heteroatoms. The summed E-state index contributed by atoms with van der Waals surface area (Å²) in [6.07, 6.45) is -0.00261. The molecule has 2 aromatic rings. The molecule has 27 heavy (non-hydrogen) atoms. The zero-order chi connectivity index (χ0) is 19.6. The van der Waals surface area contributed by atoms with E-state index in [1.807, 2.05) is 49.4 Å². The second-order valence-electron chi connectivity index (χ2n) is 7.71. The van der Waals surface area contributed by atoms with E-state index < -0.39 is 18.2 Å². The molecule has 3 N–H and O–H groups in total. The number of aliphatic hydroxyl groups is 1. The van der Waals surface area contributed by atoms with Crippen molar-refractivity contribution in [2.24, 2.45) is 0 Å². The van der Waals surface area contributed by atoms with Crippen molar-refractivity contribution in [3.8, 4) is 0 Å². The van der Waals surface area contributed by atoms with Crippen LogP contribution < -0.4 is 5.32 Å². The Morgan fingerprint density at radius 2 is 1.81 bits per heavy atom. The summed E-state index contributed by atoms with van der Waals surface area (Å²) in [5.41, 5.74) is 4.21. The molecule has 0 saturated carbocycles. The smallest absolute Gasteiger partial charge is 0.217 e. The SMILES string of the molecule is CC(=O)N[C@@H](c1ccccc1)C(c1ccc(C)c(C)c1)[N+]1(O)CC[C@H](O)C1. The standard InChI is InChI=1S/C22H28N2O3/c1-15-9-10-19(13-16(15)2)22(24(27)12-11-20(26)14-24)21(23-17(3)25)18-7-5-4-6-8-18/h4-10,13,20-22,26-27H,11-12,14H2,1-3H3/p+1/t20-,21-,22?,24?/m0/s1. The molecule has 0 aromatic heterocycles. The maximum atomic E-state index is 12.0. The van der Waals surface area contributed by atoms with E-state index >= 15 is 0 Å². The van der Waals surface area contributed by atoms with Crippen molar-refractivity contribution in [1.29, 1.82) is 0 Å². The van der Waals surface area contributed by atoms with Gasteiger partial charge in [-0.15, -0.1) is 0 Å². The minimum atomic E-state index is -0.544. The molecule has 2 aromatic carbocycles. The van der Waals surface area contributed by atoms with Gasteiger partial charge in [0.05, 0.1) is 0 Å². The number of likely N-dealkylation sites (tertiary alicyclic amines) is 1. The maximum Gasteiger partial charge on any atom is 0.217 e. The highest BCUT2D eigenvalue weighted by molar-refractivity contribution is 5.73. The van der Waals surface area contributed by atoms with Crippen molar-refractivity contribution >= 4 is 5.91 Å². The number of carbonyl (C=O) groups is 1. The fraction of sp³-hybridized carbons (Fsp3) is 0.409. The van der Waals surface area contributed by atoms with E-state index in [0.29, 0.717) is 13.0 Å². The normalized spacial score (nSPS) is 24.4. The molecule has 0 spiro atoms. The topological polar surface area (TPSA) is 69.6 Å². The second kappa shape index (κ2) is 7.80. The Kier molecular flexibility index (Phi) is 5.65. The van der Waals surface area contributed by atoms with Gasteiger partial charge < -0.3 is 10.4 Å². The van der Waals surface area contributed by atoms with Gasteiger partial charge in [0.25, 0.3) is 0 Å². The van der Waals surface area contributed by atoms with E-state index in [4.69, 9.17) is 0 Å². The Morgan fingerprint density at radius 3 is 2.37 bits per heavy atom.